The third-order valence-electron chi connectivity index (χ3n) is 2.00. The topological polar surface area (TPSA) is 0 Å². The van der Waals surface area contributed by atoms with Gasteiger partial charge in [0.2, 0.25) is 0 Å². The van der Waals surface area contributed by atoms with Crippen molar-refractivity contribution in [1.29, 1.82) is 0 Å². The highest BCUT2D eigenvalue weighted by atomic mass is 35.5. The summed E-state index contributed by atoms with van der Waals surface area (Å²) in [5.41, 5.74) is 0. The van der Waals surface area contributed by atoms with E-state index in [9.17, 15) is 0 Å². The molecule has 0 nitrogen and oxygen atoms in total. The molecule has 0 fully saturated rings. The Kier molecular flexibility index (Phi) is 3.25. The van der Waals surface area contributed by atoms with Crippen LogP contribution in [0.5, 0.6) is 0 Å². The van der Waals surface area contributed by atoms with Crippen LogP contribution in [-0.4, -0.2) is 0 Å². The molecular weight excluding hydrogens is 307 g/mol. The third-order valence-corrected chi connectivity index (χ3v) is 3.81. The van der Waals surface area contributed by atoms with Crippen LogP contribution in [0.15, 0.2) is 18.2 Å². The number of hydrogen-bond acceptors (Lipinski definition) is 0. The lowest BCUT2D eigenvalue weighted by atomic mass is 11.1. The first-order chi connectivity index (χ1) is 7.00. The summed E-state index contributed by atoms with van der Waals surface area (Å²) in [6, 6.07) is 5.00. The van der Waals surface area contributed by atoms with Crippen molar-refractivity contribution in [2.75, 3.05) is 0 Å². The molecule has 0 aliphatic rings. The highest BCUT2D eigenvalue weighted by molar-refractivity contribution is 6.51. The van der Waals surface area contributed by atoms with Gasteiger partial charge in [0.05, 0.1) is 15.1 Å². The quantitative estimate of drug-likeness (QED) is 0.515. The first-order valence-electron chi connectivity index (χ1n) is 3.93. The molecule has 78 valence electrons. The Hall–Kier alpha value is 0.150. The molecule has 2 aromatic rings. The largest absolute Gasteiger partial charge is 0.0843 e. The van der Waals surface area contributed by atoms with Gasteiger partial charge in [0.25, 0.3) is 0 Å². The molecule has 5 heteroatoms. The van der Waals surface area contributed by atoms with E-state index in [1.165, 1.54) is 0 Å². The lowest BCUT2D eigenvalue weighted by Crippen LogP contribution is -1.80. The molecule has 0 amide bonds. The predicted octanol–water partition coefficient (Wildman–Crippen LogP) is 6.11. The van der Waals surface area contributed by atoms with Crippen molar-refractivity contribution in [3.8, 4) is 0 Å². The maximum atomic E-state index is 6.04. The van der Waals surface area contributed by atoms with Crippen LogP contribution in [0.2, 0.25) is 25.1 Å². The predicted molar refractivity (Wildman–Crippen MR) is 69.0 cm³/mol. The lowest BCUT2D eigenvalue weighted by molar-refractivity contribution is 1.74. The molecule has 0 aromatic heterocycles. The van der Waals surface area contributed by atoms with Crippen molar-refractivity contribution < 1.29 is 0 Å². The molecular formula is C10H3Cl5. The monoisotopic (exact) mass is 308 g/mol. The van der Waals surface area contributed by atoms with Crippen LogP contribution < -0.4 is 0 Å². The maximum absolute atomic E-state index is 6.04. The molecule has 0 N–H and O–H groups in total. The highest BCUT2D eigenvalue weighted by Crippen LogP contribution is 2.40. The van der Waals surface area contributed by atoms with E-state index in [0.29, 0.717) is 30.5 Å². The molecule has 0 bridgehead atoms. The number of fused-ring (bicyclic) bond motifs is 1. The second kappa shape index (κ2) is 4.20. The smallest absolute Gasteiger partial charge is 0.0785 e. The molecule has 0 unspecified atom stereocenters. The second-order valence-corrected chi connectivity index (χ2v) is 4.98. The SMILES string of the molecule is Cl[13c]1[13cH][13c](Cl)[13c]2[13cH][13c](Cl)[13c](Cl)[13c](Cl)[13c]2[13cH]1. The average molecular weight is 310 g/mol. The fourth-order valence-corrected chi connectivity index (χ4v) is 2.54. The molecule has 0 heterocycles. The fraction of sp³-hybridized carbons (Fsp3) is 0. The van der Waals surface area contributed by atoms with Gasteiger partial charge in [0.1, 0.15) is 0 Å². The summed E-state index contributed by atoms with van der Waals surface area (Å²) in [4.78, 5) is 0. The van der Waals surface area contributed by atoms with Gasteiger partial charge < -0.3 is 0 Å². The van der Waals surface area contributed by atoms with Crippen LogP contribution in [0.4, 0.5) is 0 Å². The standard InChI is InChI=1S/C10H3Cl5/c11-4-1-6-5(7(12)2-4)3-8(13)10(15)9(6)14/h1-3H/i1+1,2+1,3+1,4+1,5+1,6+1,7+1,8+1,9+1,10+1. The van der Waals surface area contributed by atoms with E-state index in [-0.39, 0.29) is 0 Å². The van der Waals surface area contributed by atoms with Gasteiger partial charge in [0.15, 0.2) is 0 Å². The minimum atomic E-state index is 0.309. The second-order valence-electron chi connectivity index (χ2n) is 2.97. The van der Waals surface area contributed by atoms with Gasteiger partial charge >= 0.3 is 0 Å². The Morgan fingerprint density at radius 2 is 1.27 bits per heavy atom. The molecule has 0 aliphatic carbocycles. The molecule has 0 aliphatic heterocycles. The first kappa shape index (κ1) is 11.6. The molecule has 2 aromatic carbocycles. The lowest BCUT2D eigenvalue weighted by Gasteiger charge is -2.07. The summed E-state index contributed by atoms with van der Waals surface area (Å²) < 4.78 is 0. The van der Waals surface area contributed by atoms with Gasteiger partial charge in [-0.05, 0) is 18.2 Å². The van der Waals surface area contributed by atoms with Crippen LogP contribution in [0.1, 0.15) is 0 Å². The zero-order valence-corrected chi connectivity index (χ0v) is 10.9. The fourth-order valence-electron chi connectivity index (χ4n) is 1.33. The van der Waals surface area contributed by atoms with Crippen LogP contribution >= 0.6 is 58.0 Å². The highest BCUT2D eigenvalue weighted by Gasteiger charge is 2.11. The Morgan fingerprint density at radius 3 is 1.93 bits per heavy atom. The van der Waals surface area contributed by atoms with Crippen molar-refractivity contribution >= 4 is 68.8 Å². The van der Waals surface area contributed by atoms with Gasteiger partial charge in [-0.25, -0.2) is 0 Å². The summed E-state index contributed by atoms with van der Waals surface area (Å²) in [5.74, 6) is 0. The molecule has 0 atom stereocenters. The zero-order chi connectivity index (χ0) is 11.2. The van der Waals surface area contributed by atoms with Crippen LogP contribution in [0, 0.1) is 0 Å². The molecule has 0 radical (unpaired) electrons. The van der Waals surface area contributed by atoms with Gasteiger partial charge in [-0.15, -0.1) is 0 Å². The van der Waals surface area contributed by atoms with Crippen molar-refractivity contribution in [2.24, 2.45) is 0 Å². The minimum absolute atomic E-state index is 0.309. The van der Waals surface area contributed by atoms with Crippen LogP contribution in [-0.2, 0) is 0 Å². The van der Waals surface area contributed by atoms with Gasteiger partial charge in [-0.3, -0.25) is 0 Å². The first-order valence-corrected chi connectivity index (χ1v) is 5.82. The van der Waals surface area contributed by atoms with Crippen LogP contribution in [0.3, 0.4) is 0 Å². The summed E-state index contributed by atoms with van der Waals surface area (Å²) in [7, 11) is 0. The Morgan fingerprint density at radius 1 is 0.600 bits per heavy atom. The molecule has 2 rings (SSSR count). The van der Waals surface area contributed by atoms with Crippen molar-refractivity contribution in [2.45, 2.75) is 0 Å². The Labute approximate surface area is 112 Å². The van der Waals surface area contributed by atoms with E-state index in [1.54, 1.807) is 18.2 Å². The summed E-state index contributed by atoms with van der Waals surface area (Å²) >= 11 is 29.7. The van der Waals surface area contributed by atoms with Crippen molar-refractivity contribution in [3.63, 3.8) is 0 Å². The van der Waals surface area contributed by atoms with E-state index in [2.05, 4.69) is 0 Å². The van der Waals surface area contributed by atoms with Gasteiger partial charge in [-0.1, -0.05) is 58.0 Å². The zero-order valence-electron chi connectivity index (χ0n) is 7.12. The summed E-state index contributed by atoms with van der Waals surface area (Å²) in [5, 5.41) is 3.49. The van der Waals surface area contributed by atoms with E-state index in [1.807, 2.05) is 0 Å². The van der Waals surface area contributed by atoms with E-state index in [0.717, 1.165) is 5.39 Å². The average Bonchev–Trinajstić information content (AvgIpc) is 2.17. The summed E-state index contributed by atoms with van der Waals surface area (Å²) in [6.07, 6.45) is 0. The molecule has 0 spiro atoms. The van der Waals surface area contributed by atoms with Crippen LogP contribution in [0.25, 0.3) is 10.8 Å². The summed E-state index contributed by atoms with van der Waals surface area (Å²) in [6.45, 7) is 0. The normalized spacial score (nSPS) is 11.0. The van der Waals surface area contributed by atoms with E-state index in [4.69, 9.17) is 58.0 Å². The number of rotatable bonds is 0. The Balaban J connectivity index is 2.98. The van der Waals surface area contributed by atoms with Crippen molar-refractivity contribution in [3.05, 3.63) is 43.3 Å². The van der Waals surface area contributed by atoms with E-state index < -0.39 is 0 Å². The van der Waals surface area contributed by atoms with Crippen molar-refractivity contribution in [1.82, 2.24) is 0 Å². The molecule has 15 heavy (non-hydrogen) atoms. The number of benzene rings is 2. The van der Waals surface area contributed by atoms with Gasteiger partial charge in [-0.2, -0.15) is 0 Å². The maximum Gasteiger partial charge on any atom is 0.0785 e. The Bertz CT molecular complexity index is 547. The van der Waals surface area contributed by atoms with E-state index >= 15 is 0 Å². The third kappa shape index (κ3) is 2.02. The minimum Gasteiger partial charge on any atom is -0.0843 e. The number of halogens is 5. The molecule has 0 saturated carbocycles. The molecule has 0 saturated heterocycles. The van der Waals surface area contributed by atoms with Gasteiger partial charge in [0, 0.05) is 20.8 Å². The number of hydrogen-bond donors (Lipinski definition) is 0.